The van der Waals surface area contributed by atoms with E-state index in [-0.39, 0.29) is 28.8 Å². The van der Waals surface area contributed by atoms with Gasteiger partial charge in [-0.2, -0.15) is 0 Å². The van der Waals surface area contributed by atoms with Crippen molar-refractivity contribution < 1.29 is 13.2 Å². The first-order valence-corrected chi connectivity index (χ1v) is 7.53. The average Bonchev–Trinajstić information content (AvgIpc) is 2.67. The third-order valence-corrected chi connectivity index (χ3v) is 4.64. The largest absolute Gasteiger partial charge is 0.325 e. The molecule has 2 rings (SSSR count). The van der Waals surface area contributed by atoms with Gasteiger partial charge in [0.2, 0.25) is 15.9 Å². The van der Waals surface area contributed by atoms with Gasteiger partial charge in [0.1, 0.15) is 4.90 Å². The molecular weight excluding hydrogens is 288 g/mol. The summed E-state index contributed by atoms with van der Waals surface area (Å²) in [6.45, 7) is 3.78. The lowest BCUT2D eigenvalue weighted by molar-refractivity contribution is -0.115. The molecule has 102 valence electrons. The number of fused-ring (bicyclic) bond motifs is 1. The predicted molar refractivity (Wildman–Crippen MR) is 73.8 cm³/mol. The van der Waals surface area contributed by atoms with Crippen LogP contribution in [0.4, 0.5) is 5.69 Å². The van der Waals surface area contributed by atoms with E-state index in [0.29, 0.717) is 17.7 Å². The maximum atomic E-state index is 12.1. The van der Waals surface area contributed by atoms with Crippen molar-refractivity contribution in [3.63, 3.8) is 0 Å². The predicted octanol–water partition coefficient (Wildman–Crippen LogP) is 1.69. The van der Waals surface area contributed by atoms with Crippen molar-refractivity contribution in [1.82, 2.24) is 4.72 Å². The highest BCUT2D eigenvalue weighted by molar-refractivity contribution is 7.89. The van der Waals surface area contributed by atoms with Crippen molar-refractivity contribution in [2.75, 3.05) is 11.9 Å². The molecular formula is C12H13ClN2O3S. The van der Waals surface area contributed by atoms with Crippen molar-refractivity contribution >= 4 is 33.2 Å². The van der Waals surface area contributed by atoms with Gasteiger partial charge in [-0.3, -0.25) is 4.79 Å². The molecule has 1 aliphatic heterocycles. The molecule has 0 fully saturated rings. The van der Waals surface area contributed by atoms with Crippen LogP contribution in [-0.2, 0) is 21.2 Å². The lowest BCUT2D eigenvalue weighted by Gasteiger charge is -2.09. The Morgan fingerprint density at radius 3 is 2.89 bits per heavy atom. The van der Waals surface area contributed by atoms with Crippen LogP contribution >= 0.6 is 11.6 Å². The Morgan fingerprint density at radius 2 is 2.21 bits per heavy atom. The fourth-order valence-electron chi connectivity index (χ4n) is 1.80. The minimum absolute atomic E-state index is 0.00604. The minimum Gasteiger partial charge on any atom is -0.325 e. The van der Waals surface area contributed by atoms with Gasteiger partial charge in [-0.05, 0) is 24.1 Å². The first kappa shape index (κ1) is 14.0. The van der Waals surface area contributed by atoms with Crippen LogP contribution in [0.5, 0.6) is 0 Å². The zero-order valence-corrected chi connectivity index (χ0v) is 11.6. The van der Waals surface area contributed by atoms with Gasteiger partial charge in [-0.15, -0.1) is 6.58 Å². The topological polar surface area (TPSA) is 75.3 Å². The molecule has 1 amide bonds. The number of rotatable bonds is 5. The number of carbonyl (C=O) groups excluding carboxylic acids is 1. The lowest BCUT2D eigenvalue weighted by Crippen LogP contribution is -2.24. The van der Waals surface area contributed by atoms with Gasteiger partial charge < -0.3 is 5.32 Å². The Balaban J connectivity index is 2.33. The van der Waals surface area contributed by atoms with Crippen LogP contribution in [0.15, 0.2) is 29.7 Å². The van der Waals surface area contributed by atoms with Crippen LogP contribution < -0.4 is 10.0 Å². The van der Waals surface area contributed by atoms with Crippen molar-refractivity contribution in [1.29, 1.82) is 0 Å². The molecule has 0 spiro atoms. The van der Waals surface area contributed by atoms with Crippen molar-refractivity contribution in [2.45, 2.75) is 17.7 Å². The smallest absolute Gasteiger partial charge is 0.242 e. The van der Waals surface area contributed by atoms with Crippen LogP contribution in [0.25, 0.3) is 0 Å². The van der Waals surface area contributed by atoms with Gasteiger partial charge >= 0.3 is 0 Å². The summed E-state index contributed by atoms with van der Waals surface area (Å²) in [4.78, 5) is 11.2. The first-order valence-electron chi connectivity index (χ1n) is 5.67. The Labute approximate surface area is 116 Å². The highest BCUT2D eigenvalue weighted by atomic mass is 35.5. The summed E-state index contributed by atoms with van der Waals surface area (Å²) < 4.78 is 26.6. The van der Waals surface area contributed by atoms with E-state index in [4.69, 9.17) is 11.6 Å². The summed E-state index contributed by atoms with van der Waals surface area (Å²) in [5, 5.41) is 2.71. The van der Waals surface area contributed by atoms with Gasteiger partial charge in [0.05, 0.1) is 11.4 Å². The standard InChI is InChI=1S/C12H13ClN2O3S/c1-2-3-4-14-19(17,18)11-5-8-6-12(16)15-10(8)7-9(11)13/h2,5,7,14H,1,3-4,6H2,(H,15,16). The van der Waals surface area contributed by atoms with E-state index in [1.807, 2.05) is 0 Å². The molecule has 0 saturated carbocycles. The highest BCUT2D eigenvalue weighted by Gasteiger charge is 2.24. The Hall–Kier alpha value is -1.37. The maximum absolute atomic E-state index is 12.1. The third-order valence-electron chi connectivity index (χ3n) is 2.71. The van der Waals surface area contributed by atoms with E-state index in [1.165, 1.54) is 12.1 Å². The van der Waals surface area contributed by atoms with E-state index in [0.717, 1.165) is 0 Å². The summed E-state index contributed by atoms with van der Waals surface area (Å²) in [6.07, 6.45) is 2.32. The molecule has 5 nitrogen and oxygen atoms in total. The van der Waals surface area contributed by atoms with Crippen molar-refractivity contribution in [3.8, 4) is 0 Å². The molecule has 0 unspecified atom stereocenters. The third kappa shape index (κ3) is 2.97. The number of halogens is 1. The number of carbonyl (C=O) groups is 1. The van der Waals surface area contributed by atoms with Crippen molar-refractivity contribution in [3.05, 3.63) is 35.4 Å². The van der Waals surface area contributed by atoms with Crippen molar-refractivity contribution in [2.24, 2.45) is 0 Å². The van der Waals surface area contributed by atoms with Crippen LogP contribution in [0.2, 0.25) is 5.02 Å². The summed E-state index contributed by atoms with van der Waals surface area (Å²) in [5.74, 6) is -0.166. The zero-order chi connectivity index (χ0) is 14.0. The first-order chi connectivity index (χ1) is 8.94. The van der Waals surface area contributed by atoms with E-state index in [9.17, 15) is 13.2 Å². The van der Waals surface area contributed by atoms with Gasteiger partial charge in [-0.1, -0.05) is 17.7 Å². The maximum Gasteiger partial charge on any atom is 0.242 e. The number of amides is 1. The molecule has 1 aromatic carbocycles. The Kier molecular flexibility index (Phi) is 3.93. The molecule has 0 atom stereocenters. The Morgan fingerprint density at radius 1 is 1.47 bits per heavy atom. The minimum atomic E-state index is -3.67. The fraction of sp³-hybridized carbons (Fsp3) is 0.250. The van der Waals surface area contributed by atoms with Gasteiger partial charge in [-0.25, -0.2) is 13.1 Å². The SMILES string of the molecule is C=CCCNS(=O)(=O)c1cc2c(cc1Cl)NC(=O)C2. The summed E-state index contributed by atoms with van der Waals surface area (Å²) in [6, 6.07) is 2.90. The molecule has 7 heteroatoms. The quantitative estimate of drug-likeness (QED) is 0.642. The average molecular weight is 301 g/mol. The highest BCUT2D eigenvalue weighted by Crippen LogP contribution is 2.32. The van der Waals surface area contributed by atoms with E-state index >= 15 is 0 Å². The number of hydrogen-bond acceptors (Lipinski definition) is 3. The van der Waals surface area contributed by atoms with Crippen LogP contribution in [0.1, 0.15) is 12.0 Å². The van der Waals surface area contributed by atoms with Gasteiger partial charge in [0.15, 0.2) is 0 Å². The van der Waals surface area contributed by atoms with Crippen LogP contribution in [0, 0.1) is 0 Å². The molecule has 1 aliphatic rings. The summed E-state index contributed by atoms with van der Waals surface area (Å²) >= 11 is 5.96. The number of anilines is 1. The lowest BCUT2D eigenvalue weighted by atomic mass is 10.2. The Bertz CT molecular complexity index is 641. The van der Waals surface area contributed by atoms with Crippen LogP contribution in [-0.4, -0.2) is 20.9 Å². The van der Waals surface area contributed by atoms with E-state index in [2.05, 4.69) is 16.6 Å². The normalized spacial score (nSPS) is 14.1. The monoisotopic (exact) mass is 300 g/mol. The van der Waals surface area contributed by atoms with Crippen LogP contribution in [0.3, 0.4) is 0 Å². The second-order valence-electron chi connectivity index (χ2n) is 4.14. The molecule has 2 N–H and O–H groups in total. The summed E-state index contributed by atoms with van der Waals surface area (Å²) in [5.41, 5.74) is 1.21. The second-order valence-corrected chi connectivity index (χ2v) is 6.28. The molecule has 1 heterocycles. The van der Waals surface area contributed by atoms with Gasteiger partial charge in [0, 0.05) is 12.2 Å². The second kappa shape index (κ2) is 5.32. The molecule has 19 heavy (non-hydrogen) atoms. The number of hydrogen-bond donors (Lipinski definition) is 2. The molecule has 0 radical (unpaired) electrons. The number of sulfonamides is 1. The summed E-state index contributed by atoms with van der Waals surface area (Å²) in [7, 11) is -3.67. The zero-order valence-electron chi connectivity index (χ0n) is 10.1. The molecule has 0 bridgehead atoms. The molecule has 0 aromatic heterocycles. The van der Waals surface area contributed by atoms with E-state index < -0.39 is 10.0 Å². The van der Waals surface area contributed by atoms with Gasteiger partial charge in [0.25, 0.3) is 0 Å². The molecule has 0 aliphatic carbocycles. The number of benzene rings is 1. The van der Waals surface area contributed by atoms with E-state index in [1.54, 1.807) is 6.08 Å². The molecule has 1 aromatic rings. The number of nitrogens with one attached hydrogen (secondary N) is 2. The fourth-order valence-corrected chi connectivity index (χ4v) is 3.43. The molecule has 0 saturated heterocycles.